The smallest absolute Gasteiger partial charge is 0.303 e. The van der Waals surface area contributed by atoms with Gasteiger partial charge < -0.3 is 9.67 Å². The number of aromatic nitrogens is 2. The molecule has 0 saturated heterocycles. The first kappa shape index (κ1) is 28.7. The summed E-state index contributed by atoms with van der Waals surface area (Å²) in [5.74, 6) is -0.653. The van der Waals surface area contributed by atoms with Gasteiger partial charge in [-0.2, -0.15) is 0 Å². The number of aliphatic carboxylic acids is 1. The summed E-state index contributed by atoms with van der Waals surface area (Å²) in [5.41, 5.74) is 0. The van der Waals surface area contributed by atoms with Crippen molar-refractivity contribution in [3.8, 4) is 0 Å². The Bertz CT molecular complexity index is 460. The van der Waals surface area contributed by atoms with Gasteiger partial charge in [0, 0.05) is 24.9 Å². The van der Waals surface area contributed by atoms with Crippen LogP contribution < -0.4 is 0 Å². The summed E-state index contributed by atoms with van der Waals surface area (Å²) in [4.78, 5) is 14.3. The maximum absolute atomic E-state index is 10.3. The lowest BCUT2D eigenvalue weighted by Gasteiger charge is -2.10. The Morgan fingerprint density at radius 2 is 1.27 bits per heavy atom. The number of hydrogen-bond acceptors (Lipinski definition) is 2. The maximum Gasteiger partial charge on any atom is 0.303 e. The summed E-state index contributed by atoms with van der Waals surface area (Å²) < 4.78 is 2.14. The van der Waals surface area contributed by atoms with E-state index in [-0.39, 0.29) is 0 Å². The molecule has 0 aliphatic carbocycles. The van der Waals surface area contributed by atoms with Gasteiger partial charge in [-0.15, -0.1) is 0 Å². The van der Waals surface area contributed by atoms with Gasteiger partial charge in [0.05, 0.1) is 6.33 Å². The Hall–Kier alpha value is -1.32. The quantitative estimate of drug-likeness (QED) is 0.227. The fourth-order valence-corrected chi connectivity index (χ4v) is 3.74. The second kappa shape index (κ2) is 22.4. The average Bonchev–Trinajstić information content (AvgIpc) is 3.26. The highest BCUT2D eigenvalue weighted by Gasteiger charge is 1.99. The molecule has 4 nitrogen and oxygen atoms in total. The summed E-state index contributed by atoms with van der Waals surface area (Å²) in [6.45, 7) is 6.69. The van der Waals surface area contributed by atoms with Crippen LogP contribution in [0.3, 0.4) is 0 Å². The van der Waals surface area contributed by atoms with Crippen molar-refractivity contribution in [2.75, 3.05) is 0 Å². The molecule has 0 radical (unpaired) electrons. The molecule has 0 aromatic carbocycles. The van der Waals surface area contributed by atoms with E-state index in [9.17, 15) is 4.79 Å². The van der Waals surface area contributed by atoms with Crippen molar-refractivity contribution in [2.24, 2.45) is 0 Å². The fraction of sp³-hybridized carbons (Fsp3) is 0.846. The van der Waals surface area contributed by atoms with Crippen molar-refractivity contribution in [3.63, 3.8) is 0 Å². The molecule has 176 valence electrons. The number of imidazole rings is 1. The predicted molar refractivity (Wildman–Crippen MR) is 129 cm³/mol. The van der Waals surface area contributed by atoms with Crippen molar-refractivity contribution in [2.45, 2.75) is 142 Å². The molecule has 0 bridgehead atoms. The topological polar surface area (TPSA) is 55.1 Å². The summed E-state index contributed by atoms with van der Waals surface area (Å²) in [7, 11) is 0. The van der Waals surface area contributed by atoms with Crippen LogP contribution in [0, 0.1) is 0 Å². The normalized spacial score (nSPS) is 11.7. The minimum Gasteiger partial charge on any atom is -0.481 e. The second-order valence-electron chi connectivity index (χ2n) is 8.74. The first-order valence-corrected chi connectivity index (χ1v) is 12.8. The molecule has 1 aromatic rings. The van der Waals surface area contributed by atoms with E-state index in [1.807, 2.05) is 18.7 Å². The highest BCUT2D eigenvalue weighted by Crippen LogP contribution is 2.13. The molecule has 1 heterocycles. The minimum absolute atomic E-state index is 0.345. The van der Waals surface area contributed by atoms with Crippen LogP contribution >= 0.6 is 0 Å². The molecule has 1 rings (SSSR count). The minimum atomic E-state index is -0.653. The van der Waals surface area contributed by atoms with Crippen LogP contribution in [0.15, 0.2) is 18.7 Å². The highest BCUT2D eigenvalue weighted by atomic mass is 16.4. The summed E-state index contributed by atoms with van der Waals surface area (Å²) in [6, 6.07) is 0.604. The van der Waals surface area contributed by atoms with E-state index in [1.165, 1.54) is 96.3 Å². The van der Waals surface area contributed by atoms with Crippen LogP contribution in [0.5, 0.6) is 0 Å². The number of carbonyl (C=O) groups is 1. The van der Waals surface area contributed by atoms with Gasteiger partial charge in [-0.25, -0.2) is 4.98 Å². The van der Waals surface area contributed by atoms with E-state index >= 15 is 0 Å². The van der Waals surface area contributed by atoms with E-state index in [1.54, 1.807) is 0 Å². The maximum atomic E-state index is 10.3. The highest BCUT2D eigenvalue weighted by molar-refractivity contribution is 5.66. The van der Waals surface area contributed by atoms with Crippen molar-refractivity contribution >= 4 is 5.97 Å². The summed E-state index contributed by atoms with van der Waals surface area (Å²) >= 11 is 0. The standard InChI is InChI=1S/C18H36O2.C8H14N2/c1-2-3-4-5-6-7-8-9-10-11-12-13-14-15-16-17-18(19)20;1-3-4-8(2)10-6-5-9-7-10/h2-17H2,1H3,(H,19,20);5-8H,3-4H2,1-2H3. The molecular weight excluding hydrogens is 372 g/mol. The zero-order valence-electron chi connectivity index (χ0n) is 20.3. The van der Waals surface area contributed by atoms with Gasteiger partial charge in [-0.3, -0.25) is 4.79 Å². The Balaban J connectivity index is 0.000000696. The first-order chi connectivity index (χ1) is 14.6. The molecule has 0 fully saturated rings. The molecule has 4 heteroatoms. The van der Waals surface area contributed by atoms with Crippen molar-refractivity contribution in [1.82, 2.24) is 9.55 Å². The predicted octanol–water partition coefficient (Wildman–Crippen LogP) is 8.58. The molecule has 1 unspecified atom stereocenters. The fourth-order valence-electron chi connectivity index (χ4n) is 3.74. The molecule has 0 aliphatic rings. The third kappa shape index (κ3) is 20.0. The Morgan fingerprint density at radius 1 is 0.800 bits per heavy atom. The molecular formula is C26H50N2O2. The van der Waals surface area contributed by atoms with Crippen LogP contribution in [-0.4, -0.2) is 20.6 Å². The first-order valence-electron chi connectivity index (χ1n) is 12.8. The lowest BCUT2D eigenvalue weighted by molar-refractivity contribution is -0.137. The van der Waals surface area contributed by atoms with Crippen molar-refractivity contribution in [1.29, 1.82) is 0 Å². The van der Waals surface area contributed by atoms with Gasteiger partial charge in [-0.1, -0.05) is 110 Å². The van der Waals surface area contributed by atoms with E-state index in [2.05, 4.69) is 30.3 Å². The second-order valence-corrected chi connectivity index (χ2v) is 8.74. The Labute approximate surface area is 186 Å². The van der Waals surface area contributed by atoms with Gasteiger partial charge in [0.2, 0.25) is 0 Å². The molecule has 1 N–H and O–H groups in total. The summed E-state index contributed by atoms with van der Waals surface area (Å²) in [5, 5.41) is 8.52. The SMILES string of the molecule is CCCC(C)n1ccnc1.CCCCCCCCCCCCCCCCCC(=O)O. The molecule has 0 saturated carbocycles. The Kier molecular flexibility index (Phi) is 21.4. The average molecular weight is 423 g/mol. The van der Waals surface area contributed by atoms with Crippen molar-refractivity contribution < 1.29 is 9.90 Å². The van der Waals surface area contributed by atoms with E-state index in [0.29, 0.717) is 12.5 Å². The number of unbranched alkanes of at least 4 members (excludes halogenated alkanes) is 14. The molecule has 30 heavy (non-hydrogen) atoms. The summed E-state index contributed by atoms with van der Waals surface area (Å²) in [6.07, 6.45) is 28.4. The third-order valence-electron chi connectivity index (χ3n) is 5.73. The van der Waals surface area contributed by atoms with E-state index in [0.717, 1.165) is 12.8 Å². The van der Waals surface area contributed by atoms with Gasteiger partial charge in [-0.05, 0) is 19.8 Å². The van der Waals surface area contributed by atoms with Crippen LogP contribution in [0.25, 0.3) is 0 Å². The van der Waals surface area contributed by atoms with Gasteiger partial charge >= 0.3 is 5.97 Å². The molecule has 0 aliphatic heterocycles. The molecule has 1 atom stereocenters. The monoisotopic (exact) mass is 422 g/mol. The largest absolute Gasteiger partial charge is 0.481 e. The zero-order valence-corrected chi connectivity index (χ0v) is 20.3. The van der Waals surface area contributed by atoms with Gasteiger partial charge in [0.25, 0.3) is 0 Å². The van der Waals surface area contributed by atoms with E-state index < -0.39 is 5.97 Å². The van der Waals surface area contributed by atoms with E-state index in [4.69, 9.17) is 5.11 Å². The van der Waals surface area contributed by atoms with Crippen molar-refractivity contribution in [3.05, 3.63) is 18.7 Å². The van der Waals surface area contributed by atoms with Crippen LogP contribution in [0.2, 0.25) is 0 Å². The third-order valence-corrected chi connectivity index (χ3v) is 5.73. The number of hydrogen-bond donors (Lipinski definition) is 1. The number of rotatable bonds is 19. The van der Waals surface area contributed by atoms with Gasteiger partial charge in [0.15, 0.2) is 0 Å². The lowest BCUT2D eigenvalue weighted by atomic mass is 10.0. The van der Waals surface area contributed by atoms with Crippen LogP contribution in [0.4, 0.5) is 0 Å². The van der Waals surface area contributed by atoms with Crippen LogP contribution in [0.1, 0.15) is 142 Å². The molecule has 0 amide bonds. The Morgan fingerprint density at radius 3 is 1.63 bits per heavy atom. The lowest BCUT2D eigenvalue weighted by Crippen LogP contribution is -2.00. The van der Waals surface area contributed by atoms with Gasteiger partial charge in [0.1, 0.15) is 0 Å². The number of nitrogens with zero attached hydrogens (tertiary/aromatic N) is 2. The molecule has 0 spiro atoms. The number of carboxylic acid groups (broad SMARTS) is 1. The molecule has 1 aromatic heterocycles. The zero-order chi connectivity index (χ0) is 22.3. The van der Waals surface area contributed by atoms with Crippen LogP contribution in [-0.2, 0) is 4.79 Å². The number of carboxylic acids is 1.